The highest BCUT2D eigenvalue weighted by Gasteiger charge is 2.16. The molecule has 1 aromatic rings. The number of nitrogens with one attached hydrogen (secondary N) is 2. The van der Waals surface area contributed by atoms with Crippen LogP contribution in [0.15, 0.2) is 12.4 Å². The van der Waals surface area contributed by atoms with Crippen LogP contribution in [0.3, 0.4) is 0 Å². The van der Waals surface area contributed by atoms with Gasteiger partial charge in [-0.25, -0.2) is 4.79 Å². The number of thioether (sulfide) groups is 1. The lowest BCUT2D eigenvalue weighted by Gasteiger charge is -2.10. The number of aromatic nitrogens is 2. The fourth-order valence-corrected chi connectivity index (χ4v) is 3.09. The zero-order chi connectivity index (χ0) is 13.7. The SMILES string of the molecule is O=C(O)Cn1cc(NC(=O)NCC2CCSC2)cn1. The van der Waals surface area contributed by atoms with Crippen molar-refractivity contribution in [1.29, 1.82) is 0 Å². The van der Waals surface area contributed by atoms with Crippen LogP contribution in [0, 0.1) is 5.92 Å². The molecule has 1 fully saturated rings. The molecule has 0 saturated carbocycles. The maximum absolute atomic E-state index is 11.6. The van der Waals surface area contributed by atoms with Crippen LogP contribution in [0.1, 0.15) is 6.42 Å². The van der Waals surface area contributed by atoms with Crippen molar-refractivity contribution in [2.45, 2.75) is 13.0 Å². The minimum atomic E-state index is -0.974. The number of amides is 2. The highest BCUT2D eigenvalue weighted by Crippen LogP contribution is 2.22. The van der Waals surface area contributed by atoms with E-state index in [0.29, 0.717) is 18.2 Å². The lowest BCUT2D eigenvalue weighted by atomic mass is 10.1. The van der Waals surface area contributed by atoms with Crippen molar-refractivity contribution in [2.75, 3.05) is 23.4 Å². The number of aliphatic carboxylic acids is 1. The van der Waals surface area contributed by atoms with Gasteiger partial charge in [-0.1, -0.05) is 0 Å². The number of hydrogen-bond donors (Lipinski definition) is 3. The summed E-state index contributed by atoms with van der Waals surface area (Å²) in [5, 5.41) is 17.9. The van der Waals surface area contributed by atoms with Crippen LogP contribution in [0.5, 0.6) is 0 Å². The van der Waals surface area contributed by atoms with Gasteiger partial charge >= 0.3 is 12.0 Å². The van der Waals surface area contributed by atoms with Crippen molar-refractivity contribution >= 4 is 29.4 Å². The molecule has 1 saturated heterocycles. The summed E-state index contributed by atoms with van der Waals surface area (Å²) in [6.45, 7) is 0.449. The molecule has 7 nitrogen and oxygen atoms in total. The molecule has 0 aromatic carbocycles. The average Bonchev–Trinajstić information content (AvgIpc) is 2.97. The summed E-state index contributed by atoms with van der Waals surface area (Å²) >= 11 is 1.91. The van der Waals surface area contributed by atoms with E-state index in [1.165, 1.54) is 17.1 Å². The quantitative estimate of drug-likeness (QED) is 0.744. The van der Waals surface area contributed by atoms with Gasteiger partial charge in [0, 0.05) is 12.7 Å². The summed E-state index contributed by atoms with van der Waals surface area (Å²) in [5.74, 6) is 1.83. The second-order valence-electron chi connectivity index (χ2n) is 4.38. The molecular weight excluding hydrogens is 268 g/mol. The summed E-state index contributed by atoms with van der Waals surface area (Å²) in [5.41, 5.74) is 0.486. The summed E-state index contributed by atoms with van der Waals surface area (Å²) in [6.07, 6.45) is 4.05. The Morgan fingerprint density at radius 2 is 2.42 bits per heavy atom. The first kappa shape index (κ1) is 13.7. The lowest BCUT2D eigenvalue weighted by Crippen LogP contribution is -2.33. The van der Waals surface area contributed by atoms with Gasteiger partial charge in [0.25, 0.3) is 0 Å². The van der Waals surface area contributed by atoms with Gasteiger partial charge in [-0.05, 0) is 23.8 Å². The highest BCUT2D eigenvalue weighted by molar-refractivity contribution is 7.99. The van der Waals surface area contributed by atoms with E-state index in [1.54, 1.807) is 0 Å². The monoisotopic (exact) mass is 284 g/mol. The van der Waals surface area contributed by atoms with Crippen LogP contribution < -0.4 is 10.6 Å². The normalized spacial score (nSPS) is 18.2. The van der Waals surface area contributed by atoms with E-state index in [0.717, 1.165) is 17.9 Å². The van der Waals surface area contributed by atoms with Crippen molar-refractivity contribution in [1.82, 2.24) is 15.1 Å². The largest absolute Gasteiger partial charge is 0.480 e. The third kappa shape index (κ3) is 4.47. The molecule has 104 valence electrons. The number of hydrogen-bond acceptors (Lipinski definition) is 4. The molecule has 1 aliphatic rings. The summed E-state index contributed by atoms with van der Waals surface area (Å²) in [4.78, 5) is 22.1. The Kier molecular flexibility index (Phi) is 4.67. The van der Waals surface area contributed by atoms with Crippen LogP contribution in [-0.4, -0.2) is 44.9 Å². The molecule has 0 bridgehead atoms. The van der Waals surface area contributed by atoms with Gasteiger partial charge in [0.1, 0.15) is 6.54 Å². The first-order valence-electron chi connectivity index (χ1n) is 6.00. The second kappa shape index (κ2) is 6.46. The topological polar surface area (TPSA) is 96.2 Å². The van der Waals surface area contributed by atoms with Crippen molar-refractivity contribution in [3.8, 4) is 0 Å². The molecule has 19 heavy (non-hydrogen) atoms. The van der Waals surface area contributed by atoms with E-state index in [9.17, 15) is 9.59 Å². The number of urea groups is 1. The Balaban J connectivity index is 1.74. The van der Waals surface area contributed by atoms with Crippen molar-refractivity contribution in [3.05, 3.63) is 12.4 Å². The van der Waals surface area contributed by atoms with Crippen LogP contribution in [-0.2, 0) is 11.3 Å². The zero-order valence-corrected chi connectivity index (χ0v) is 11.2. The van der Waals surface area contributed by atoms with Gasteiger partial charge in [0.15, 0.2) is 0 Å². The minimum absolute atomic E-state index is 0.220. The first-order chi connectivity index (χ1) is 9.13. The van der Waals surface area contributed by atoms with E-state index in [2.05, 4.69) is 15.7 Å². The average molecular weight is 284 g/mol. The Morgan fingerprint density at radius 3 is 3.11 bits per heavy atom. The Bertz CT molecular complexity index is 457. The first-order valence-corrected chi connectivity index (χ1v) is 7.16. The number of carbonyl (C=O) groups excluding carboxylic acids is 1. The maximum atomic E-state index is 11.6. The number of nitrogens with zero attached hydrogens (tertiary/aromatic N) is 2. The molecule has 2 rings (SSSR count). The number of carbonyl (C=O) groups is 2. The predicted molar refractivity (Wildman–Crippen MR) is 72.3 cm³/mol. The molecule has 0 spiro atoms. The van der Waals surface area contributed by atoms with Crippen molar-refractivity contribution in [2.24, 2.45) is 5.92 Å². The van der Waals surface area contributed by atoms with E-state index < -0.39 is 5.97 Å². The third-order valence-electron chi connectivity index (χ3n) is 2.76. The van der Waals surface area contributed by atoms with E-state index in [4.69, 9.17) is 5.11 Å². The number of carboxylic acids is 1. The van der Waals surface area contributed by atoms with Crippen molar-refractivity contribution < 1.29 is 14.7 Å². The van der Waals surface area contributed by atoms with Crippen LogP contribution >= 0.6 is 11.8 Å². The van der Waals surface area contributed by atoms with Crippen LogP contribution in [0.2, 0.25) is 0 Å². The fraction of sp³-hybridized carbons (Fsp3) is 0.545. The number of anilines is 1. The van der Waals surface area contributed by atoms with E-state index >= 15 is 0 Å². The van der Waals surface area contributed by atoms with Gasteiger partial charge in [0.05, 0.1) is 11.9 Å². The van der Waals surface area contributed by atoms with Crippen LogP contribution in [0.4, 0.5) is 10.5 Å². The van der Waals surface area contributed by atoms with E-state index in [1.807, 2.05) is 11.8 Å². The summed E-state index contributed by atoms with van der Waals surface area (Å²) in [7, 11) is 0. The van der Waals surface area contributed by atoms with Gasteiger partial charge in [0.2, 0.25) is 0 Å². The van der Waals surface area contributed by atoms with Crippen molar-refractivity contribution in [3.63, 3.8) is 0 Å². The Hall–Kier alpha value is -1.70. The van der Waals surface area contributed by atoms with E-state index in [-0.39, 0.29) is 12.6 Å². The molecular formula is C11H16N4O3S. The maximum Gasteiger partial charge on any atom is 0.325 e. The molecule has 2 heterocycles. The number of carboxylic acid groups (broad SMARTS) is 1. The molecule has 1 aromatic heterocycles. The highest BCUT2D eigenvalue weighted by atomic mass is 32.2. The molecule has 2 amide bonds. The molecule has 1 atom stereocenters. The zero-order valence-electron chi connectivity index (χ0n) is 10.3. The lowest BCUT2D eigenvalue weighted by molar-refractivity contribution is -0.137. The van der Waals surface area contributed by atoms with Gasteiger partial charge in [-0.2, -0.15) is 16.9 Å². The minimum Gasteiger partial charge on any atom is -0.480 e. The Morgan fingerprint density at radius 1 is 1.58 bits per heavy atom. The predicted octanol–water partition coefficient (Wildman–Crippen LogP) is 0.842. The van der Waals surface area contributed by atoms with Crippen LogP contribution in [0.25, 0.3) is 0 Å². The third-order valence-corrected chi connectivity index (χ3v) is 4.00. The molecule has 8 heteroatoms. The molecule has 0 radical (unpaired) electrons. The van der Waals surface area contributed by atoms with Gasteiger partial charge in [-0.15, -0.1) is 0 Å². The summed E-state index contributed by atoms with van der Waals surface area (Å²) in [6, 6.07) is -0.285. The fourth-order valence-electron chi connectivity index (χ4n) is 1.81. The smallest absolute Gasteiger partial charge is 0.325 e. The van der Waals surface area contributed by atoms with Gasteiger partial charge < -0.3 is 15.7 Å². The summed E-state index contributed by atoms with van der Waals surface area (Å²) < 4.78 is 1.26. The number of rotatable bonds is 5. The second-order valence-corrected chi connectivity index (χ2v) is 5.53. The standard InChI is InChI=1S/C11H16N4O3S/c16-10(17)6-15-5-9(4-13-15)14-11(18)12-3-8-1-2-19-7-8/h4-5,8H,1-3,6-7H2,(H,16,17)(H2,12,14,18). The van der Waals surface area contributed by atoms with Gasteiger partial charge in [-0.3, -0.25) is 9.48 Å². The molecule has 0 aliphatic carbocycles. The molecule has 1 unspecified atom stereocenters. The molecule has 3 N–H and O–H groups in total. The molecule has 1 aliphatic heterocycles. The Labute approximate surface area is 114 Å².